The fourth-order valence-corrected chi connectivity index (χ4v) is 2.05. The van der Waals surface area contributed by atoms with Gasteiger partial charge in [-0.1, -0.05) is 6.07 Å². The predicted molar refractivity (Wildman–Crippen MR) is 75.9 cm³/mol. The highest BCUT2D eigenvalue weighted by atomic mass is 16.6. The number of benzene rings is 1. The predicted octanol–water partition coefficient (Wildman–Crippen LogP) is 2.94. The minimum absolute atomic E-state index is 0.0306. The first-order chi connectivity index (χ1) is 9.74. The van der Waals surface area contributed by atoms with Crippen molar-refractivity contribution < 1.29 is 24.2 Å². The number of hydrogen-bond acceptors (Lipinski definition) is 4. The summed E-state index contributed by atoms with van der Waals surface area (Å²) in [5.41, 5.74) is -0.267. The highest BCUT2D eigenvalue weighted by molar-refractivity contribution is 6.11. The molecule has 0 amide bonds. The molecule has 1 heterocycles. The third-order valence-electron chi connectivity index (χ3n) is 2.81. The van der Waals surface area contributed by atoms with Crippen LogP contribution in [0.25, 0.3) is 10.9 Å². The van der Waals surface area contributed by atoms with Crippen molar-refractivity contribution in [3.8, 4) is 0 Å². The second-order valence-electron chi connectivity index (χ2n) is 5.56. The topological polar surface area (TPSA) is 85.6 Å². The molecule has 1 aromatic carbocycles. The molecule has 0 saturated carbocycles. The van der Waals surface area contributed by atoms with Crippen molar-refractivity contribution in [1.82, 2.24) is 4.57 Å². The summed E-state index contributed by atoms with van der Waals surface area (Å²) in [7, 11) is 0. The number of carboxylic acid groups (broad SMARTS) is 1. The zero-order valence-corrected chi connectivity index (χ0v) is 11.9. The van der Waals surface area contributed by atoms with Crippen molar-refractivity contribution in [3.63, 3.8) is 0 Å². The van der Waals surface area contributed by atoms with E-state index in [4.69, 9.17) is 4.74 Å². The van der Waals surface area contributed by atoms with Crippen LogP contribution in [0.2, 0.25) is 0 Å². The smallest absolute Gasteiger partial charge is 0.419 e. The monoisotopic (exact) mass is 289 g/mol. The van der Waals surface area contributed by atoms with Gasteiger partial charge in [0.15, 0.2) is 6.29 Å². The Bertz CT molecular complexity index is 736. The molecule has 6 nitrogen and oxygen atoms in total. The molecule has 110 valence electrons. The van der Waals surface area contributed by atoms with Crippen LogP contribution >= 0.6 is 0 Å². The molecule has 0 aliphatic rings. The fraction of sp³-hybridized carbons (Fsp3) is 0.267. The van der Waals surface area contributed by atoms with Gasteiger partial charge in [-0.25, -0.2) is 9.59 Å². The molecule has 2 rings (SSSR count). The molecule has 0 radical (unpaired) electrons. The lowest BCUT2D eigenvalue weighted by Crippen LogP contribution is -2.26. The lowest BCUT2D eigenvalue weighted by Gasteiger charge is -2.19. The van der Waals surface area contributed by atoms with Crippen LogP contribution < -0.4 is 0 Å². The Hall–Kier alpha value is -2.63. The van der Waals surface area contributed by atoms with Crippen LogP contribution in [0.4, 0.5) is 4.79 Å². The summed E-state index contributed by atoms with van der Waals surface area (Å²) in [6.45, 7) is 5.17. The first kappa shape index (κ1) is 14.8. The van der Waals surface area contributed by atoms with Gasteiger partial charge in [0.1, 0.15) is 5.60 Å². The maximum absolute atomic E-state index is 12.2. The molecular formula is C15H15NO5. The highest BCUT2D eigenvalue weighted by Crippen LogP contribution is 2.25. The minimum Gasteiger partial charge on any atom is -0.478 e. The van der Waals surface area contributed by atoms with Crippen molar-refractivity contribution in [2.45, 2.75) is 26.4 Å². The first-order valence-electron chi connectivity index (χ1n) is 6.30. The minimum atomic E-state index is -1.16. The van der Waals surface area contributed by atoms with Crippen LogP contribution in [-0.4, -0.2) is 33.6 Å². The van der Waals surface area contributed by atoms with E-state index in [0.29, 0.717) is 11.8 Å². The Labute approximate surface area is 120 Å². The van der Waals surface area contributed by atoms with E-state index in [1.165, 1.54) is 18.3 Å². The van der Waals surface area contributed by atoms with Crippen LogP contribution in [0.5, 0.6) is 0 Å². The molecule has 0 fully saturated rings. The van der Waals surface area contributed by atoms with Gasteiger partial charge in [0.05, 0.1) is 11.1 Å². The Kier molecular flexibility index (Phi) is 3.55. The van der Waals surface area contributed by atoms with Gasteiger partial charge in [0.25, 0.3) is 0 Å². The number of carboxylic acids is 1. The van der Waals surface area contributed by atoms with E-state index in [-0.39, 0.29) is 16.5 Å². The third kappa shape index (κ3) is 2.79. The van der Waals surface area contributed by atoms with E-state index >= 15 is 0 Å². The number of nitrogens with zero attached hydrogens (tertiary/aromatic N) is 1. The molecule has 21 heavy (non-hydrogen) atoms. The molecule has 1 N–H and O–H groups in total. The first-order valence-corrected chi connectivity index (χ1v) is 6.30. The number of ether oxygens (including phenoxy) is 1. The number of carbonyl (C=O) groups excluding carboxylic acids is 2. The van der Waals surface area contributed by atoms with Crippen molar-refractivity contribution in [3.05, 3.63) is 35.5 Å². The molecule has 1 aromatic heterocycles. The summed E-state index contributed by atoms with van der Waals surface area (Å²) in [5, 5.41) is 9.42. The standard InChI is InChI=1S/C15H15NO5/c1-15(2,3)21-14(20)16-7-9(8-17)12-10(13(18)19)5-4-6-11(12)16/h4-8H,1-3H3,(H,18,19). The van der Waals surface area contributed by atoms with Gasteiger partial charge in [0.2, 0.25) is 0 Å². The summed E-state index contributed by atoms with van der Waals surface area (Å²) in [6.07, 6.45) is 1.15. The van der Waals surface area contributed by atoms with Crippen LogP contribution in [0.15, 0.2) is 24.4 Å². The number of carbonyl (C=O) groups is 3. The number of hydrogen-bond donors (Lipinski definition) is 1. The SMILES string of the molecule is CC(C)(C)OC(=O)n1cc(C=O)c2c(C(=O)O)cccc21. The molecule has 0 bridgehead atoms. The maximum Gasteiger partial charge on any atom is 0.419 e. The van der Waals surface area contributed by atoms with Crippen LogP contribution in [0, 0.1) is 0 Å². The van der Waals surface area contributed by atoms with E-state index in [0.717, 1.165) is 4.57 Å². The highest BCUT2D eigenvalue weighted by Gasteiger charge is 2.22. The maximum atomic E-state index is 12.2. The lowest BCUT2D eigenvalue weighted by molar-refractivity contribution is 0.0543. The van der Waals surface area contributed by atoms with Gasteiger partial charge < -0.3 is 9.84 Å². The number of aldehydes is 1. The molecule has 0 atom stereocenters. The molecule has 0 spiro atoms. The summed E-state index contributed by atoms with van der Waals surface area (Å²) >= 11 is 0. The van der Waals surface area contributed by atoms with Crippen LogP contribution in [0.3, 0.4) is 0 Å². The van der Waals surface area contributed by atoms with E-state index in [9.17, 15) is 19.5 Å². The van der Waals surface area contributed by atoms with Gasteiger partial charge in [-0.2, -0.15) is 0 Å². The fourth-order valence-electron chi connectivity index (χ4n) is 2.05. The number of rotatable bonds is 2. The summed E-state index contributed by atoms with van der Waals surface area (Å²) < 4.78 is 6.40. The van der Waals surface area contributed by atoms with Crippen LogP contribution in [0.1, 0.15) is 41.5 Å². The largest absolute Gasteiger partial charge is 0.478 e. The Morgan fingerprint density at radius 1 is 1.29 bits per heavy atom. The molecule has 0 unspecified atom stereocenters. The third-order valence-corrected chi connectivity index (χ3v) is 2.81. The van der Waals surface area contributed by atoms with Gasteiger partial charge in [-0.15, -0.1) is 0 Å². The van der Waals surface area contributed by atoms with Crippen molar-refractivity contribution in [2.24, 2.45) is 0 Å². The van der Waals surface area contributed by atoms with Crippen molar-refractivity contribution in [2.75, 3.05) is 0 Å². The zero-order valence-electron chi connectivity index (χ0n) is 11.9. The molecular weight excluding hydrogens is 274 g/mol. The van der Waals surface area contributed by atoms with Gasteiger partial charge in [-0.3, -0.25) is 9.36 Å². The van der Waals surface area contributed by atoms with Gasteiger partial charge in [0, 0.05) is 17.1 Å². The van der Waals surface area contributed by atoms with E-state index < -0.39 is 17.7 Å². The second-order valence-corrected chi connectivity index (χ2v) is 5.56. The number of aromatic nitrogens is 1. The average molecular weight is 289 g/mol. The Morgan fingerprint density at radius 3 is 2.48 bits per heavy atom. The summed E-state index contributed by atoms with van der Waals surface area (Å²) in [6, 6.07) is 4.47. The summed E-state index contributed by atoms with van der Waals surface area (Å²) in [4.78, 5) is 34.6. The average Bonchev–Trinajstić information content (AvgIpc) is 2.75. The molecule has 2 aromatic rings. The van der Waals surface area contributed by atoms with E-state index in [1.807, 2.05) is 0 Å². The molecule has 0 saturated heterocycles. The van der Waals surface area contributed by atoms with Gasteiger partial charge >= 0.3 is 12.1 Å². The zero-order chi connectivity index (χ0) is 15.8. The van der Waals surface area contributed by atoms with Crippen LogP contribution in [-0.2, 0) is 4.74 Å². The lowest BCUT2D eigenvalue weighted by atomic mass is 10.1. The Morgan fingerprint density at radius 2 is 1.95 bits per heavy atom. The molecule has 0 aliphatic carbocycles. The van der Waals surface area contributed by atoms with E-state index in [2.05, 4.69) is 0 Å². The quantitative estimate of drug-likeness (QED) is 0.859. The number of fused-ring (bicyclic) bond motifs is 1. The van der Waals surface area contributed by atoms with Gasteiger partial charge in [-0.05, 0) is 32.9 Å². The van der Waals surface area contributed by atoms with E-state index in [1.54, 1.807) is 26.8 Å². The summed E-state index contributed by atoms with van der Waals surface area (Å²) in [5.74, 6) is -1.16. The Balaban J connectivity index is 2.67. The van der Waals surface area contributed by atoms with Crippen molar-refractivity contribution in [1.29, 1.82) is 0 Å². The normalized spacial score (nSPS) is 11.4. The second kappa shape index (κ2) is 5.05. The number of aromatic carboxylic acids is 1. The van der Waals surface area contributed by atoms with Crippen molar-refractivity contribution >= 4 is 29.3 Å². The molecule has 6 heteroatoms. The molecule has 0 aliphatic heterocycles.